The number of hydrogen-bond acceptors (Lipinski definition) is 4. The van der Waals surface area contributed by atoms with Gasteiger partial charge in [-0.1, -0.05) is 36.7 Å². The van der Waals surface area contributed by atoms with Gasteiger partial charge in [-0.15, -0.1) is 0 Å². The van der Waals surface area contributed by atoms with E-state index >= 15 is 0 Å². The molecule has 0 saturated heterocycles. The molecular formula is C14H17ClN2O3S. The standard InChI is InChI=1S/C14H17ClN2O3S/c1-2-16-10-12-7-8-14(20-12)21(18,19)17-9-11-5-3-4-6-13(11)15/h3-8,16-17H,2,9-10H2,1H3. The zero-order valence-corrected chi connectivity index (χ0v) is 13.2. The van der Waals surface area contributed by atoms with Crippen molar-refractivity contribution in [1.29, 1.82) is 0 Å². The van der Waals surface area contributed by atoms with Crippen LogP contribution in [0.5, 0.6) is 0 Å². The summed E-state index contributed by atoms with van der Waals surface area (Å²) in [6.07, 6.45) is 0. The Labute approximate surface area is 129 Å². The average molecular weight is 329 g/mol. The first-order valence-corrected chi connectivity index (χ1v) is 8.41. The summed E-state index contributed by atoms with van der Waals surface area (Å²) in [7, 11) is -3.68. The second-order valence-corrected chi connectivity index (χ2v) is 6.52. The summed E-state index contributed by atoms with van der Waals surface area (Å²) in [5.41, 5.74) is 0.710. The van der Waals surface area contributed by atoms with E-state index in [0.717, 1.165) is 6.54 Å². The number of nitrogens with one attached hydrogen (secondary N) is 2. The number of furan rings is 1. The van der Waals surface area contributed by atoms with E-state index in [-0.39, 0.29) is 11.6 Å². The van der Waals surface area contributed by atoms with Crippen molar-refractivity contribution in [1.82, 2.24) is 10.0 Å². The zero-order chi connectivity index (χ0) is 15.3. The molecule has 0 aliphatic carbocycles. The van der Waals surface area contributed by atoms with Crippen LogP contribution in [0.3, 0.4) is 0 Å². The largest absolute Gasteiger partial charge is 0.447 e. The van der Waals surface area contributed by atoms with Crippen LogP contribution in [-0.2, 0) is 23.1 Å². The van der Waals surface area contributed by atoms with E-state index in [0.29, 0.717) is 22.9 Å². The zero-order valence-electron chi connectivity index (χ0n) is 11.6. The number of sulfonamides is 1. The fraction of sp³-hybridized carbons (Fsp3) is 0.286. The molecule has 114 valence electrons. The number of rotatable bonds is 7. The van der Waals surface area contributed by atoms with E-state index in [1.165, 1.54) is 6.07 Å². The van der Waals surface area contributed by atoms with Gasteiger partial charge in [-0.2, -0.15) is 0 Å². The maximum absolute atomic E-state index is 12.1. The highest BCUT2D eigenvalue weighted by atomic mass is 35.5. The molecule has 7 heteroatoms. The summed E-state index contributed by atoms with van der Waals surface area (Å²) in [6, 6.07) is 10.2. The van der Waals surface area contributed by atoms with E-state index in [1.807, 2.05) is 6.92 Å². The van der Waals surface area contributed by atoms with Gasteiger partial charge in [0.25, 0.3) is 10.0 Å². The van der Waals surface area contributed by atoms with Crippen molar-refractivity contribution in [2.24, 2.45) is 0 Å². The molecule has 2 rings (SSSR count). The molecule has 1 aromatic carbocycles. The van der Waals surface area contributed by atoms with Crippen molar-refractivity contribution in [3.8, 4) is 0 Å². The molecular weight excluding hydrogens is 312 g/mol. The minimum absolute atomic E-state index is 0.0949. The fourth-order valence-electron chi connectivity index (χ4n) is 1.73. The predicted molar refractivity (Wildman–Crippen MR) is 81.6 cm³/mol. The molecule has 0 unspecified atom stereocenters. The molecule has 0 aliphatic rings. The van der Waals surface area contributed by atoms with Crippen LogP contribution in [0.4, 0.5) is 0 Å². The Morgan fingerprint density at radius 3 is 2.62 bits per heavy atom. The van der Waals surface area contributed by atoms with Gasteiger partial charge < -0.3 is 9.73 Å². The Morgan fingerprint density at radius 2 is 1.90 bits per heavy atom. The Morgan fingerprint density at radius 1 is 1.14 bits per heavy atom. The molecule has 2 aromatic rings. The maximum Gasteiger partial charge on any atom is 0.274 e. The van der Waals surface area contributed by atoms with Gasteiger partial charge in [-0.25, -0.2) is 13.1 Å². The van der Waals surface area contributed by atoms with Crippen LogP contribution in [0, 0.1) is 0 Å². The van der Waals surface area contributed by atoms with Gasteiger partial charge in [-0.05, 0) is 30.3 Å². The number of benzene rings is 1. The van der Waals surface area contributed by atoms with E-state index in [2.05, 4.69) is 10.0 Å². The number of hydrogen-bond donors (Lipinski definition) is 2. The molecule has 0 spiro atoms. The van der Waals surface area contributed by atoms with Crippen LogP contribution in [0.2, 0.25) is 5.02 Å². The van der Waals surface area contributed by atoms with Crippen molar-refractivity contribution < 1.29 is 12.8 Å². The third-order valence-corrected chi connectivity index (χ3v) is 4.50. The van der Waals surface area contributed by atoms with Gasteiger partial charge in [-0.3, -0.25) is 0 Å². The SMILES string of the molecule is CCNCc1ccc(S(=O)(=O)NCc2ccccc2Cl)o1. The first kappa shape index (κ1) is 16.0. The second kappa shape index (κ2) is 7.09. The van der Waals surface area contributed by atoms with Crippen molar-refractivity contribution in [3.63, 3.8) is 0 Å². The summed E-state index contributed by atoms with van der Waals surface area (Å²) >= 11 is 5.99. The Bertz CT molecular complexity index is 698. The normalized spacial score (nSPS) is 11.7. The van der Waals surface area contributed by atoms with Crippen LogP contribution in [0.1, 0.15) is 18.2 Å². The van der Waals surface area contributed by atoms with Crippen molar-refractivity contribution in [2.45, 2.75) is 25.1 Å². The third kappa shape index (κ3) is 4.31. The van der Waals surface area contributed by atoms with Gasteiger partial charge in [0.15, 0.2) is 0 Å². The molecule has 21 heavy (non-hydrogen) atoms. The van der Waals surface area contributed by atoms with Gasteiger partial charge in [0.1, 0.15) is 5.76 Å². The lowest BCUT2D eigenvalue weighted by Gasteiger charge is -2.06. The molecule has 0 aliphatic heterocycles. The monoisotopic (exact) mass is 328 g/mol. The molecule has 1 heterocycles. The van der Waals surface area contributed by atoms with Gasteiger partial charge >= 0.3 is 0 Å². The van der Waals surface area contributed by atoms with Crippen LogP contribution in [0.15, 0.2) is 45.9 Å². The molecule has 0 amide bonds. The van der Waals surface area contributed by atoms with Crippen LogP contribution in [-0.4, -0.2) is 15.0 Å². The highest BCUT2D eigenvalue weighted by Crippen LogP contribution is 2.17. The third-order valence-electron chi connectivity index (χ3n) is 2.86. The fourth-order valence-corrected chi connectivity index (χ4v) is 2.89. The minimum Gasteiger partial charge on any atom is -0.447 e. The van der Waals surface area contributed by atoms with Crippen molar-refractivity contribution in [3.05, 3.63) is 52.7 Å². The van der Waals surface area contributed by atoms with Crippen molar-refractivity contribution in [2.75, 3.05) is 6.54 Å². The first-order valence-electron chi connectivity index (χ1n) is 6.55. The van der Waals surface area contributed by atoms with E-state index < -0.39 is 10.0 Å². The molecule has 0 bridgehead atoms. The Balaban J connectivity index is 2.05. The Hall–Kier alpha value is -1.34. The van der Waals surface area contributed by atoms with E-state index in [9.17, 15) is 8.42 Å². The molecule has 5 nitrogen and oxygen atoms in total. The summed E-state index contributed by atoms with van der Waals surface area (Å²) in [5, 5.41) is 3.49. The lowest BCUT2D eigenvalue weighted by Crippen LogP contribution is -2.23. The lowest BCUT2D eigenvalue weighted by atomic mass is 10.2. The molecule has 0 radical (unpaired) electrons. The quantitative estimate of drug-likeness (QED) is 0.819. The van der Waals surface area contributed by atoms with Crippen LogP contribution in [0.25, 0.3) is 0 Å². The van der Waals surface area contributed by atoms with Crippen LogP contribution >= 0.6 is 11.6 Å². The summed E-state index contributed by atoms with van der Waals surface area (Å²) < 4.78 is 32.1. The highest BCUT2D eigenvalue weighted by Gasteiger charge is 2.18. The summed E-state index contributed by atoms with van der Waals surface area (Å²) in [6.45, 7) is 3.36. The lowest BCUT2D eigenvalue weighted by molar-refractivity contribution is 0.401. The summed E-state index contributed by atoms with van der Waals surface area (Å²) in [5.74, 6) is 0.579. The number of halogens is 1. The first-order chi connectivity index (χ1) is 10.0. The topological polar surface area (TPSA) is 71.3 Å². The Kier molecular flexibility index (Phi) is 5.41. The maximum atomic E-state index is 12.1. The van der Waals surface area contributed by atoms with Gasteiger partial charge in [0.05, 0.1) is 6.54 Å². The van der Waals surface area contributed by atoms with E-state index in [4.69, 9.17) is 16.0 Å². The molecule has 2 N–H and O–H groups in total. The van der Waals surface area contributed by atoms with Crippen LogP contribution < -0.4 is 10.0 Å². The summed E-state index contributed by atoms with van der Waals surface area (Å²) in [4.78, 5) is 0. The van der Waals surface area contributed by atoms with E-state index in [1.54, 1.807) is 30.3 Å². The molecule has 0 saturated carbocycles. The van der Waals surface area contributed by atoms with Gasteiger partial charge in [0.2, 0.25) is 5.09 Å². The molecule has 0 fully saturated rings. The van der Waals surface area contributed by atoms with Crippen molar-refractivity contribution >= 4 is 21.6 Å². The molecule has 0 atom stereocenters. The predicted octanol–water partition coefficient (Wildman–Crippen LogP) is 2.52. The smallest absolute Gasteiger partial charge is 0.274 e. The highest BCUT2D eigenvalue weighted by molar-refractivity contribution is 7.89. The molecule has 1 aromatic heterocycles. The van der Waals surface area contributed by atoms with Gasteiger partial charge in [0, 0.05) is 11.6 Å². The minimum atomic E-state index is -3.68. The second-order valence-electron chi connectivity index (χ2n) is 4.42. The average Bonchev–Trinajstić information content (AvgIpc) is 2.94.